The Labute approximate surface area is 151 Å². The third-order valence-corrected chi connectivity index (χ3v) is 3.52. The van der Waals surface area contributed by atoms with E-state index in [2.05, 4.69) is 26.8 Å². The van der Waals surface area contributed by atoms with Gasteiger partial charge < -0.3 is 13.6 Å². The minimum absolute atomic E-state index is 0.0487. The highest BCUT2D eigenvalue weighted by molar-refractivity contribution is 9.10. The molecule has 25 heavy (non-hydrogen) atoms. The van der Waals surface area contributed by atoms with E-state index in [0.29, 0.717) is 16.2 Å². The number of hydrogen-bond acceptors (Lipinski definition) is 5. The van der Waals surface area contributed by atoms with E-state index in [9.17, 15) is 9.59 Å². The van der Waals surface area contributed by atoms with Crippen molar-refractivity contribution < 1.29 is 23.2 Å². The average molecular weight is 405 g/mol. The molecule has 2 amide bonds. The summed E-state index contributed by atoms with van der Waals surface area (Å²) in [5.41, 5.74) is 4.48. The molecule has 0 aliphatic heterocycles. The number of furan rings is 2. The van der Waals surface area contributed by atoms with Crippen LogP contribution in [-0.4, -0.2) is 11.8 Å². The highest BCUT2D eigenvalue weighted by atomic mass is 79.9. The Morgan fingerprint density at radius 1 is 0.880 bits per heavy atom. The van der Waals surface area contributed by atoms with Gasteiger partial charge in [0.05, 0.1) is 0 Å². The van der Waals surface area contributed by atoms with Crippen molar-refractivity contribution in [3.63, 3.8) is 0 Å². The van der Waals surface area contributed by atoms with Crippen molar-refractivity contribution in [3.8, 4) is 5.75 Å². The van der Waals surface area contributed by atoms with Crippen LogP contribution in [0.2, 0.25) is 0 Å². The van der Waals surface area contributed by atoms with E-state index in [1.807, 2.05) is 30.3 Å². The maximum Gasteiger partial charge on any atom is 0.305 e. The Bertz CT molecular complexity index is 872. The minimum atomic E-state index is -0.593. The molecule has 8 heteroatoms. The molecule has 2 N–H and O–H groups in total. The van der Waals surface area contributed by atoms with Crippen LogP contribution < -0.4 is 15.6 Å². The molecule has 3 aromatic rings. The zero-order chi connectivity index (χ0) is 17.6. The van der Waals surface area contributed by atoms with Gasteiger partial charge in [-0.2, -0.15) is 0 Å². The SMILES string of the molecule is O=C(NNC(=O)c1ccc(COc2ccccc2)o1)c1ccc(Br)o1. The number of benzene rings is 1. The number of rotatable bonds is 5. The quantitative estimate of drug-likeness (QED) is 0.636. The van der Waals surface area contributed by atoms with Crippen molar-refractivity contribution in [2.45, 2.75) is 6.61 Å². The summed E-state index contributed by atoms with van der Waals surface area (Å²) in [5, 5.41) is 0. The summed E-state index contributed by atoms with van der Waals surface area (Å²) in [4.78, 5) is 23.7. The maximum atomic E-state index is 12.0. The van der Waals surface area contributed by atoms with E-state index < -0.39 is 11.8 Å². The average Bonchev–Trinajstić information content (AvgIpc) is 3.27. The lowest BCUT2D eigenvalue weighted by molar-refractivity contribution is 0.0814. The fourth-order valence-electron chi connectivity index (χ4n) is 1.92. The Morgan fingerprint density at radius 2 is 1.52 bits per heavy atom. The van der Waals surface area contributed by atoms with E-state index >= 15 is 0 Å². The first-order valence-corrected chi connectivity index (χ1v) is 8.04. The lowest BCUT2D eigenvalue weighted by Gasteiger charge is -2.04. The first kappa shape index (κ1) is 16.8. The van der Waals surface area contributed by atoms with Gasteiger partial charge in [-0.1, -0.05) is 18.2 Å². The maximum absolute atomic E-state index is 12.0. The molecule has 0 saturated carbocycles. The van der Waals surface area contributed by atoms with Crippen molar-refractivity contribution in [2.24, 2.45) is 0 Å². The number of carbonyl (C=O) groups excluding carboxylic acids is 2. The summed E-state index contributed by atoms with van der Waals surface area (Å²) in [6.45, 7) is 0.185. The first-order chi connectivity index (χ1) is 12.1. The van der Waals surface area contributed by atoms with E-state index in [-0.39, 0.29) is 18.1 Å². The van der Waals surface area contributed by atoms with Gasteiger partial charge in [0, 0.05) is 0 Å². The molecule has 128 valence electrons. The predicted octanol–water partition coefficient (Wildman–Crippen LogP) is 3.29. The van der Waals surface area contributed by atoms with Crippen LogP contribution in [0.4, 0.5) is 0 Å². The molecule has 0 radical (unpaired) electrons. The van der Waals surface area contributed by atoms with Crippen molar-refractivity contribution >= 4 is 27.7 Å². The predicted molar refractivity (Wildman–Crippen MR) is 90.8 cm³/mol. The van der Waals surface area contributed by atoms with Gasteiger partial charge in [-0.25, -0.2) is 0 Å². The smallest absolute Gasteiger partial charge is 0.305 e. The molecule has 0 spiro atoms. The molecule has 3 rings (SSSR count). The summed E-state index contributed by atoms with van der Waals surface area (Å²) >= 11 is 3.09. The standard InChI is InChI=1S/C17H13BrN2O5/c18-15-9-8-14(25-15)17(22)20-19-16(21)13-7-6-12(24-13)10-23-11-4-2-1-3-5-11/h1-9H,10H2,(H,19,21)(H,20,22). The third-order valence-electron chi connectivity index (χ3n) is 3.10. The van der Waals surface area contributed by atoms with E-state index in [0.717, 1.165) is 0 Å². The molecule has 7 nitrogen and oxygen atoms in total. The first-order valence-electron chi connectivity index (χ1n) is 7.24. The van der Waals surface area contributed by atoms with Gasteiger partial charge >= 0.3 is 11.8 Å². The molecule has 0 bridgehead atoms. The van der Waals surface area contributed by atoms with E-state index in [4.69, 9.17) is 13.6 Å². The minimum Gasteiger partial charge on any atom is -0.486 e. The van der Waals surface area contributed by atoms with Crippen LogP contribution in [0, 0.1) is 0 Å². The van der Waals surface area contributed by atoms with Gasteiger partial charge in [-0.15, -0.1) is 0 Å². The Kier molecular flexibility index (Phi) is 5.20. The Morgan fingerprint density at radius 3 is 2.16 bits per heavy atom. The van der Waals surface area contributed by atoms with Gasteiger partial charge in [0.1, 0.15) is 18.1 Å². The number of ether oxygens (including phenoxy) is 1. The van der Waals surface area contributed by atoms with Crippen LogP contribution in [0.1, 0.15) is 26.9 Å². The second-order valence-electron chi connectivity index (χ2n) is 4.88. The second-order valence-corrected chi connectivity index (χ2v) is 5.66. The van der Waals surface area contributed by atoms with E-state index in [1.165, 1.54) is 12.1 Å². The van der Waals surface area contributed by atoms with Crippen LogP contribution in [0.5, 0.6) is 5.75 Å². The van der Waals surface area contributed by atoms with Crippen LogP contribution in [0.25, 0.3) is 0 Å². The molecule has 1 aromatic carbocycles. The monoisotopic (exact) mass is 404 g/mol. The molecule has 0 aliphatic carbocycles. The molecule has 2 heterocycles. The number of amides is 2. The lowest BCUT2D eigenvalue weighted by Crippen LogP contribution is -2.41. The zero-order valence-electron chi connectivity index (χ0n) is 12.8. The van der Waals surface area contributed by atoms with Gasteiger partial charge in [0.15, 0.2) is 16.2 Å². The molecule has 0 saturated heterocycles. The molecule has 0 fully saturated rings. The van der Waals surface area contributed by atoms with Crippen molar-refractivity contribution in [1.82, 2.24) is 10.9 Å². The van der Waals surface area contributed by atoms with Crippen molar-refractivity contribution in [2.75, 3.05) is 0 Å². The third kappa shape index (κ3) is 4.51. The van der Waals surface area contributed by atoms with Gasteiger partial charge in [0.25, 0.3) is 0 Å². The summed E-state index contributed by atoms with van der Waals surface area (Å²) in [5.74, 6) is 0.108. The van der Waals surface area contributed by atoms with Crippen LogP contribution in [0.15, 0.2) is 68.1 Å². The van der Waals surface area contributed by atoms with Crippen molar-refractivity contribution in [1.29, 1.82) is 0 Å². The Hall–Kier alpha value is -3.00. The largest absolute Gasteiger partial charge is 0.486 e. The molecular formula is C17H13BrN2O5. The topological polar surface area (TPSA) is 93.7 Å². The number of halogens is 1. The normalized spacial score (nSPS) is 10.3. The Balaban J connectivity index is 1.51. The van der Waals surface area contributed by atoms with Gasteiger partial charge in [-0.3, -0.25) is 20.4 Å². The van der Waals surface area contributed by atoms with Crippen LogP contribution in [0.3, 0.4) is 0 Å². The molecule has 0 unspecified atom stereocenters. The number of hydrogen-bond donors (Lipinski definition) is 2. The number of hydrazine groups is 1. The summed E-state index contributed by atoms with van der Waals surface area (Å²) in [6.07, 6.45) is 0. The second kappa shape index (κ2) is 7.71. The summed E-state index contributed by atoms with van der Waals surface area (Å²) in [7, 11) is 0. The summed E-state index contributed by atoms with van der Waals surface area (Å²) in [6, 6.07) is 15.4. The fraction of sp³-hybridized carbons (Fsp3) is 0.0588. The highest BCUT2D eigenvalue weighted by Crippen LogP contribution is 2.15. The zero-order valence-corrected chi connectivity index (χ0v) is 14.4. The van der Waals surface area contributed by atoms with Crippen LogP contribution >= 0.6 is 15.9 Å². The number of nitrogens with one attached hydrogen (secondary N) is 2. The fourth-order valence-corrected chi connectivity index (χ4v) is 2.23. The summed E-state index contributed by atoms with van der Waals surface area (Å²) < 4.78 is 16.4. The number of carbonyl (C=O) groups is 2. The molecule has 0 aliphatic rings. The molecular weight excluding hydrogens is 392 g/mol. The van der Waals surface area contributed by atoms with Crippen LogP contribution in [-0.2, 0) is 6.61 Å². The van der Waals surface area contributed by atoms with Gasteiger partial charge in [-0.05, 0) is 52.3 Å². The number of para-hydroxylation sites is 1. The lowest BCUT2D eigenvalue weighted by atomic mass is 10.3. The van der Waals surface area contributed by atoms with Gasteiger partial charge in [0.2, 0.25) is 0 Å². The highest BCUT2D eigenvalue weighted by Gasteiger charge is 2.15. The molecule has 0 atom stereocenters. The molecule has 2 aromatic heterocycles. The van der Waals surface area contributed by atoms with Crippen molar-refractivity contribution in [3.05, 3.63) is 76.5 Å². The van der Waals surface area contributed by atoms with E-state index in [1.54, 1.807) is 12.1 Å².